The van der Waals surface area contributed by atoms with Gasteiger partial charge in [0.1, 0.15) is 12.4 Å². The van der Waals surface area contributed by atoms with Gasteiger partial charge < -0.3 is 10.1 Å². The van der Waals surface area contributed by atoms with E-state index in [1.54, 1.807) is 0 Å². The lowest BCUT2D eigenvalue weighted by atomic mass is 10.1. The topological polar surface area (TPSA) is 21.3 Å². The molecule has 0 fully saturated rings. The summed E-state index contributed by atoms with van der Waals surface area (Å²) in [5, 5.41) is 3.21. The van der Waals surface area contributed by atoms with Crippen molar-refractivity contribution in [3.8, 4) is 5.75 Å². The van der Waals surface area contributed by atoms with E-state index in [2.05, 4.69) is 46.1 Å². The third-order valence-corrected chi connectivity index (χ3v) is 2.78. The minimum atomic E-state index is 0. The summed E-state index contributed by atoms with van der Waals surface area (Å²) >= 11 is 2.29. The maximum atomic E-state index is 5.52. The van der Waals surface area contributed by atoms with Crippen molar-refractivity contribution in [2.75, 3.05) is 13.7 Å². The van der Waals surface area contributed by atoms with E-state index < -0.39 is 0 Å². The van der Waals surface area contributed by atoms with Crippen LogP contribution in [-0.2, 0) is 0 Å². The van der Waals surface area contributed by atoms with Crippen LogP contribution in [0.4, 0.5) is 0 Å². The molecule has 0 radical (unpaired) electrons. The van der Waals surface area contributed by atoms with Gasteiger partial charge in [-0.25, -0.2) is 0 Å². The molecule has 0 aromatic heterocycles. The Bertz CT molecular complexity index is 306. The Morgan fingerprint density at radius 2 is 2.31 bits per heavy atom. The van der Waals surface area contributed by atoms with Crippen LogP contribution in [0, 0.1) is 3.57 Å². The van der Waals surface area contributed by atoms with E-state index in [0.29, 0.717) is 6.04 Å². The minimum absolute atomic E-state index is 0. The van der Waals surface area contributed by atoms with E-state index in [4.69, 9.17) is 4.74 Å². The molecule has 13 heavy (non-hydrogen) atoms. The van der Waals surface area contributed by atoms with Gasteiger partial charge in [0, 0.05) is 9.13 Å². The molecule has 1 atom stereocenters. The number of hydrogen-bond acceptors (Lipinski definition) is 2. The average molecular weight is 312 g/mol. The highest BCUT2D eigenvalue weighted by atomic mass is 127. The second-order valence-electron chi connectivity index (χ2n) is 2.83. The predicted molar refractivity (Wildman–Crippen MR) is 63.7 cm³/mol. The molecule has 1 aromatic carbocycles. The van der Waals surface area contributed by atoms with E-state index in [-0.39, 0.29) is 12.4 Å². The van der Waals surface area contributed by atoms with Crippen LogP contribution in [-0.4, -0.2) is 13.7 Å². The Balaban J connectivity index is 0.000000845. The number of halogens is 2. The summed E-state index contributed by atoms with van der Waals surface area (Å²) in [7, 11) is 1.96. The molecule has 0 unspecified atom stereocenters. The summed E-state index contributed by atoms with van der Waals surface area (Å²) in [4.78, 5) is 0. The Kier molecular flexibility index (Phi) is 3.82. The third kappa shape index (κ3) is 2.08. The number of fused-ring (bicyclic) bond motifs is 1. The lowest BCUT2D eigenvalue weighted by Crippen LogP contribution is -2.16. The Hall–Kier alpha value is -0.0000000000000000555. The first kappa shape index (κ1) is 11.1. The van der Waals surface area contributed by atoms with Gasteiger partial charge in [-0.05, 0) is 41.8 Å². The van der Waals surface area contributed by atoms with E-state index in [0.717, 1.165) is 12.4 Å². The van der Waals surface area contributed by atoms with Gasteiger partial charge in [-0.1, -0.05) is 6.07 Å². The molecule has 0 bridgehead atoms. The van der Waals surface area contributed by atoms with Crippen LogP contribution in [0.1, 0.15) is 11.6 Å². The summed E-state index contributed by atoms with van der Waals surface area (Å²) in [5.74, 6) is 1.03. The van der Waals surface area contributed by atoms with Crippen molar-refractivity contribution < 1.29 is 4.74 Å². The van der Waals surface area contributed by atoms with Crippen molar-refractivity contribution in [3.63, 3.8) is 0 Å². The highest BCUT2D eigenvalue weighted by Gasteiger charge is 2.21. The van der Waals surface area contributed by atoms with Gasteiger partial charge in [-0.2, -0.15) is 0 Å². The Labute approximate surface area is 97.6 Å². The third-order valence-electron chi connectivity index (χ3n) is 2.10. The highest BCUT2D eigenvalue weighted by Crippen LogP contribution is 2.32. The molecule has 1 aliphatic heterocycles. The zero-order chi connectivity index (χ0) is 8.55. The van der Waals surface area contributed by atoms with Crippen molar-refractivity contribution >= 4 is 35.0 Å². The maximum Gasteiger partial charge on any atom is 0.125 e. The fraction of sp³-hybridized carbons (Fsp3) is 0.333. The maximum absolute atomic E-state index is 5.52. The molecule has 1 aliphatic rings. The lowest BCUT2D eigenvalue weighted by Gasteiger charge is -2.05. The predicted octanol–water partition coefficient (Wildman–Crippen LogP) is 2.37. The fourth-order valence-electron chi connectivity index (χ4n) is 1.42. The molecule has 0 aliphatic carbocycles. The number of hydrogen-bond donors (Lipinski definition) is 1. The standard InChI is InChI=1S/C9H10INO.ClH/c1-11-8-5-12-9-4-6(10)2-3-7(8)9;/h2-4,8,11H,5H2,1H3;1H/t8-;/m1./s1. The largest absolute Gasteiger partial charge is 0.491 e. The Morgan fingerprint density at radius 3 is 3.00 bits per heavy atom. The van der Waals surface area contributed by atoms with E-state index in [1.807, 2.05) is 7.05 Å². The number of nitrogens with one attached hydrogen (secondary N) is 1. The lowest BCUT2D eigenvalue weighted by molar-refractivity contribution is 0.318. The first-order valence-corrected chi connectivity index (χ1v) is 4.98. The summed E-state index contributed by atoms with van der Waals surface area (Å²) in [6, 6.07) is 6.69. The first-order valence-electron chi connectivity index (χ1n) is 3.91. The average Bonchev–Trinajstić information content (AvgIpc) is 2.46. The molecular formula is C9H11ClINO. The molecule has 0 saturated heterocycles. The highest BCUT2D eigenvalue weighted by molar-refractivity contribution is 14.1. The van der Waals surface area contributed by atoms with Gasteiger partial charge in [0.2, 0.25) is 0 Å². The molecule has 0 saturated carbocycles. The zero-order valence-corrected chi connectivity index (χ0v) is 10.2. The fourth-order valence-corrected chi connectivity index (χ4v) is 1.89. The van der Waals surface area contributed by atoms with E-state index in [1.165, 1.54) is 9.13 Å². The quantitative estimate of drug-likeness (QED) is 0.804. The summed E-state index contributed by atoms with van der Waals surface area (Å²) in [6.45, 7) is 0.756. The monoisotopic (exact) mass is 311 g/mol. The van der Waals surface area contributed by atoms with Gasteiger partial charge in [0.15, 0.2) is 0 Å². The second-order valence-corrected chi connectivity index (χ2v) is 4.08. The first-order chi connectivity index (χ1) is 5.81. The SMILES string of the molecule is CN[C@@H]1COc2cc(I)ccc21.Cl. The molecule has 4 heteroatoms. The number of benzene rings is 1. The molecule has 2 rings (SSSR count). The summed E-state index contributed by atoms with van der Waals surface area (Å²) in [5.41, 5.74) is 1.28. The molecule has 0 spiro atoms. The van der Waals surface area contributed by atoms with Crippen LogP contribution in [0.5, 0.6) is 5.75 Å². The molecule has 1 aromatic rings. The molecule has 0 amide bonds. The zero-order valence-electron chi connectivity index (χ0n) is 7.21. The van der Waals surface area contributed by atoms with Crippen molar-refractivity contribution in [1.82, 2.24) is 5.32 Å². The molecule has 2 nitrogen and oxygen atoms in total. The smallest absolute Gasteiger partial charge is 0.125 e. The molecular weight excluding hydrogens is 300 g/mol. The molecule has 1 N–H and O–H groups in total. The van der Waals surface area contributed by atoms with Crippen LogP contribution in [0.2, 0.25) is 0 Å². The number of ether oxygens (including phenoxy) is 1. The van der Waals surface area contributed by atoms with Crippen LogP contribution in [0.15, 0.2) is 18.2 Å². The van der Waals surface area contributed by atoms with Gasteiger partial charge >= 0.3 is 0 Å². The summed E-state index contributed by atoms with van der Waals surface area (Å²) in [6.07, 6.45) is 0. The van der Waals surface area contributed by atoms with Crippen molar-refractivity contribution in [2.45, 2.75) is 6.04 Å². The van der Waals surface area contributed by atoms with Gasteiger partial charge in [-0.15, -0.1) is 12.4 Å². The summed E-state index contributed by atoms with van der Waals surface area (Å²) < 4.78 is 6.74. The number of rotatable bonds is 1. The van der Waals surface area contributed by atoms with E-state index in [9.17, 15) is 0 Å². The van der Waals surface area contributed by atoms with Crippen molar-refractivity contribution in [3.05, 3.63) is 27.3 Å². The molecule has 72 valence electrons. The van der Waals surface area contributed by atoms with Gasteiger partial charge in [-0.3, -0.25) is 0 Å². The second kappa shape index (κ2) is 4.48. The van der Waals surface area contributed by atoms with E-state index >= 15 is 0 Å². The molecule has 1 heterocycles. The normalized spacial score (nSPS) is 18.8. The van der Waals surface area contributed by atoms with Gasteiger partial charge in [0.25, 0.3) is 0 Å². The van der Waals surface area contributed by atoms with Crippen molar-refractivity contribution in [1.29, 1.82) is 0 Å². The van der Waals surface area contributed by atoms with Crippen LogP contribution >= 0.6 is 35.0 Å². The van der Waals surface area contributed by atoms with Crippen molar-refractivity contribution in [2.24, 2.45) is 0 Å². The number of likely N-dealkylation sites (N-methyl/N-ethyl adjacent to an activating group) is 1. The van der Waals surface area contributed by atoms with Gasteiger partial charge in [0.05, 0.1) is 6.04 Å². The van der Waals surface area contributed by atoms with Crippen LogP contribution < -0.4 is 10.1 Å². The Morgan fingerprint density at radius 1 is 1.54 bits per heavy atom. The minimum Gasteiger partial charge on any atom is -0.491 e. The van der Waals surface area contributed by atoms with Crippen LogP contribution in [0.3, 0.4) is 0 Å². The van der Waals surface area contributed by atoms with Crippen LogP contribution in [0.25, 0.3) is 0 Å².